The topological polar surface area (TPSA) is 92.6 Å². The van der Waals surface area contributed by atoms with Gasteiger partial charge in [-0.1, -0.05) is 13.8 Å². The highest BCUT2D eigenvalue weighted by Gasteiger charge is 2.42. The smallest absolute Gasteiger partial charge is 0.416 e. The van der Waals surface area contributed by atoms with E-state index in [1.807, 2.05) is 13.8 Å². The maximum absolute atomic E-state index is 13.6. The van der Waals surface area contributed by atoms with Gasteiger partial charge in [-0.2, -0.15) is 26.3 Å². The molecule has 1 N–H and O–H groups in total. The maximum atomic E-state index is 13.6. The number of aromatic nitrogens is 2. The predicted molar refractivity (Wildman–Crippen MR) is 164 cm³/mol. The van der Waals surface area contributed by atoms with E-state index in [0.29, 0.717) is 74.5 Å². The monoisotopic (exact) mass is 735 g/mol. The van der Waals surface area contributed by atoms with Gasteiger partial charge >= 0.3 is 24.4 Å². The van der Waals surface area contributed by atoms with Crippen LogP contribution in [0.3, 0.4) is 0 Å². The second kappa shape index (κ2) is 15.5. The van der Waals surface area contributed by atoms with E-state index in [0.717, 1.165) is 12.1 Å². The SMILES string of the molecule is CC[C@@H]1CC([C@@H](CCc2cc(C(F)(F)F)cc(C(F)(F)F)c2)Cc2ncc(Br)cn2)C[C@H](CC)N1C(=O)OC1CCC(C(=O)O)CC1. The zero-order chi connectivity index (χ0) is 34.5. The number of piperidine rings is 1. The number of likely N-dealkylation sites (tertiary alicyclic amines) is 1. The number of carbonyl (C=O) groups is 2. The Morgan fingerprint density at radius 2 is 1.47 bits per heavy atom. The van der Waals surface area contributed by atoms with Crippen LogP contribution in [0.5, 0.6) is 0 Å². The van der Waals surface area contributed by atoms with E-state index in [2.05, 4.69) is 25.9 Å². The van der Waals surface area contributed by atoms with Gasteiger partial charge in [-0.15, -0.1) is 0 Å². The lowest BCUT2D eigenvalue weighted by atomic mass is 9.73. The van der Waals surface area contributed by atoms with E-state index < -0.39 is 41.5 Å². The minimum absolute atomic E-state index is 0.0109. The first kappa shape index (κ1) is 36.9. The summed E-state index contributed by atoms with van der Waals surface area (Å²) in [5.74, 6) is -0.966. The molecule has 0 radical (unpaired) electrons. The fourth-order valence-electron chi connectivity index (χ4n) is 7.06. The van der Waals surface area contributed by atoms with Crippen LogP contribution < -0.4 is 0 Å². The Kier molecular flexibility index (Phi) is 12.2. The van der Waals surface area contributed by atoms with Crippen LogP contribution >= 0.6 is 15.9 Å². The summed E-state index contributed by atoms with van der Waals surface area (Å²) in [6.45, 7) is 3.93. The number of amides is 1. The van der Waals surface area contributed by atoms with Crippen LogP contribution in [0.4, 0.5) is 31.1 Å². The van der Waals surface area contributed by atoms with Crippen LogP contribution in [0.2, 0.25) is 0 Å². The normalized spacial score (nSPS) is 24.5. The number of hydrogen-bond acceptors (Lipinski definition) is 5. The maximum Gasteiger partial charge on any atom is 0.416 e. The van der Waals surface area contributed by atoms with Gasteiger partial charge in [-0.05, 0) is 116 Å². The molecule has 1 aliphatic carbocycles. The van der Waals surface area contributed by atoms with Crippen LogP contribution in [0.15, 0.2) is 35.1 Å². The summed E-state index contributed by atoms with van der Waals surface area (Å²) in [6, 6.07) is 1.32. The molecule has 260 valence electrons. The zero-order valence-corrected chi connectivity index (χ0v) is 27.9. The number of hydrogen-bond donors (Lipinski definition) is 1. The van der Waals surface area contributed by atoms with E-state index in [-0.39, 0.29) is 48.1 Å². The summed E-state index contributed by atoms with van der Waals surface area (Å²) in [5, 5.41) is 9.29. The number of aryl methyl sites for hydroxylation is 1. The first-order valence-electron chi connectivity index (χ1n) is 16.0. The number of rotatable bonds is 10. The Morgan fingerprint density at radius 3 is 1.94 bits per heavy atom. The average Bonchev–Trinajstić information content (AvgIpc) is 3.02. The molecule has 1 aromatic carbocycles. The molecule has 7 nitrogen and oxygen atoms in total. The van der Waals surface area contributed by atoms with Crippen molar-refractivity contribution < 1.29 is 45.8 Å². The summed E-state index contributed by atoms with van der Waals surface area (Å²) in [7, 11) is 0. The van der Waals surface area contributed by atoms with Crippen molar-refractivity contribution in [3.05, 3.63) is 57.6 Å². The lowest BCUT2D eigenvalue weighted by Gasteiger charge is -2.47. The number of alkyl halides is 6. The molecule has 1 saturated carbocycles. The Hall–Kier alpha value is -2.90. The van der Waals surface area contributed by atoms with Crippen molar-refractivity contribution >= 4 is 28.0 Å². The molecule has 2 aliphatic rings. The van der Waals surface area contributed by atoms with Crippen LogP contribution in [-0.4, -0.2) is 50.2 Å². The van der Waals surface area contributed by atoms with Crippen molar-refractivity contribution in [2.45, 2.75) is 115 Å². The second-order valence-electron chi connectivity index (χ2n) is 12.7. The Balaban J connectivity index is 1.55. The molecular weight excluding hydrogens is 696 g/mol. The molecule has 1 unspecified atom stereocenters. The fraction of sp³-hybridized carbons (Fsp3) is 0.636. The molecule has 1 aliphatic heterocycles. The largest absolute Gasteiger partial charge is 0.481 e. The predicted octanol–water partition coefficient (Wildman–Crippen LogP) is 9.12. The number of ether oxygens (including phenoxy) is 1. The lowest BCUT2D eigenvalue weighted by molar-refractivity contribution is -0.144. The van der Waals surface area contributed by atoms with Crippen LogP contribution in [0.25, 0.3) is 0 Å². The molecule has 0 bridgehead atoms. The highest BCUT2D eigenvalue weighted by atomic mass is 79.9. The van der Waals surface area contributed by atoms with Gasteiger partial charge in [0.1, 0.15) is 11.9 Å². The summed E-state index contributed by atoms with van der Waals surface area (Å²) in [5.41, 5.74) is -2.72. The summed E-state index contributed by atoms with van der Waals surface area (Å²) in [6.07, 6.45) is -2.57. The zero-order valence-electron chi connectivity index (χ0n) is 26.3. The van der Waals surface area contributed by atoms with Gasteiger partial charge in [0.15, 0.2) is 0 Å². The van der Waals surface area contributed by atoms with Gasteiger partial charge in [0.05, 0.1) is 21.5 Å². The molecular formula is C33H40BrF6N3O4. The third kappa shape index (κ3) is 9.82. The minimum atomic E-state index is -4.93. The number of carboxylic acid groups (broad SMARTS) is 1. The summed E-state index contributed by atoms with van der Waals surface area (Å²) < 4.78 is 87.9. The van der Waals surface area contributed by atoms with E-state index in [1.165, 1.54) is 0 Å². The molecule has 0 spiro atoms. The molecule has 1 amide bonds. The van der Waals surface area contributed by atoms with Gasteiger partial charge in [0.25, 0.3) is 0 Å². The average molecular weight is 737 g/mol. The highest BCUT2D eigenvalue weighted by Crippen LogP contribution is 2.41. The van der Waals surface area contributed by atoms with Crippen LogP contribution in [0.1, 0.15) is 94.1 Å². The number of carboxylic acids is 1. The number of carbonyl (C=O) groups excluding carboxylic acids is 1. The minimum Gasteiger partial charge on any atom is -0.481 e. The van der Waals surface area contributed by atoms with Crippen molar-refractivity contribution in [2.75, 3.05) is 0 Å². The van der Waals surface area contributed by atoms with Crippen LogP contribution in [0, 0.1) is 17.8 Å². The molecule has 4 rings (SSSR count). The molecule has 1 aromatic heterocycles. The first-order valence-corrected chi connectivity index (χ1v) is 16.8. The molecule has 2 aromatic rings. The summed E-state index contributed by atoms with van der Waals surface area (Å²) in [4.78, 5) is 35.4. The second-order valence-corrected chi connectivity index (χ2v) is 13.6. The van der Waals surface area contributed by atoms with Crippen LogP contribution in [-0.2, 0) is 34.7 Å². The molecule has 2 heterocycles. The number of aliphatic carboxylic acids is 1. The lowest BCUT2D eigenvalue weighted by Crippen LogP contribution is -2.53. The van der Waals surface area contributed by atoms with E-state index in [1.54, 1.807) is 17.3 Å². The van der Waals surface area contributed by atoms with Crippen molar-refractivity contribution in [1.29, 1.82) is 0 Å². The third-order valence-corrected chi connectivity index (χ3v) is 10.0. The third-order valence-electron chi connectivity index (χ3n) is 9.62. The quantitative estimate of drug-likeness (QED) is 0.245. The van der Waals surface area contributed by atoms with Gasteiger partial charge < -0.3 is 14.7 Å². The van der Waals surface area contributed by atoms with Gasteiger partial charge in [0.2, 0.25) is 0 Å². The molecule has 1 saturated heterocycles. The number of benzene rings is 1. The van der Waals surface area contributed by atoms with Crippen molar-refractivity contribution in [1.82, 2.24) is 14.9 Å². The Labute approximate surface area is 278 Å². The van der Waals surface area contributed by atoms with Gasteiger partial charge in [0, 0.05) is 30.9 Å². The Morgan fingerprint density at radius 1 is 0.936 bits per heavy atom. The van der Waals surface area contributed by atoms with E-state index >= 15 is 0 Å². The van der Waals surface area contributed by atoms with Crippen molar-refractivity contribution in [2.24, 2.45) is 17.8 Å². The number of halogens is 7. The summed E-state index contributed by atoms with van der Waals surface area (Å²) >= 11 is 3.31. The van der Waals surface area contributed by atoms with Crippen molar-refractivity contribution in [3.8, 4) is 0 Å². The van der Waals surface area contributed by atoms with E-state index in [9.17, 15) is 41.0 Å². The first-order chi connectivity index (χ1) is 22.1. The van der Waals surface area contributed by atoms with Gasteiger partial charge in [-0.3, -0.25) is 4.79 Å². The standard InChI is InChI=1S/C33H40BrF6N3O4/c1-3-26-13-22(14-27(4-2)43(26)31(46)47-28-9-7-20(8-10-28)30(44)45)21(15-29-41-17-25(34)18-42-29)6-5-19-11-23(32(35,36)37)16-24(12-19)33(38,39)40/h11-12,16-18,20-22,26-28H,3-10,13-15H2,1-2H3,(H,44,45)/t20?,21-,22?,26-,27+,28?/m0/s1. The van der Waals surface area contributed by atoms with Crippen molar-refractivity contribution in [3.63, 3.8) is 0 Å². The fourth-order valence-corrected chi connectivity index (χ4v) is 7.27. The molecule has 4 atom stereocenters. The highest BCUT2D eigenvalue weighted by molar-refractivity contribution is 9.10. The van der Waals surface area contributed by atoms with Gasteiger partial charge in [-0.25, -0.2) is 14.8 Å². The molecule has 2 fully saturated rings. The Bertz CT molecular complexity index is 1320. The van der Waals surface area contributed by atoms with E-state index in [4.69, 9.17) is 4.74 Å². The number of nitrogens with zero attached hydrogens (tertiary/aromatic N) is 3. The molecule has 47 heavy (non-hydrogen) atoms. The molecule has 14 heteroatoms.